The van der Waals surface area contributed by atoms with Crippen LogP contribution in [0.2, 0.25) is 0 Å². The summed E-state index contributed by atoms with van der Waals surface area (Å²) >= 11 is 0. The molecule has 0 radical (unpaired) electrons. The van der Waals surface area contributed by atoms with Crippen molar-refractivity contribution in [1.82, 2.24) is 4.98 Å². The number of aromatic nitrogens is 1. The molecule has 4 heteroatoms. The van der Waals surface area contributed by atoms with Gasteiger partial charge in [0.15, 0.2) is 0 Å². The summed E-state index contributed by atoms with van der Waals surface area (Å²) in [6.45, 7) is 11.1. The maximum absolute atomic E-state index is 13.3. The molecule has 1 heterocycles. The minimum absolute atomic E-state index is 0.0156. The number of hydrogen-bond donors (Lipinski definition) is 0. The lowest BCUT2D eigenvalue weighted by molar-refractivity contribution is -0.211. The first kappa shape index (κ1) is 21.4. The molecule has 0 N–H and O–H groups in total. The Balaban J connectivity index is 2.08. The first-order valence-electron chi connectivity index (χ1n) is 9.85. The summed E-state index contributed by atoms with van der Waals surface area (Å²) in [7, 11) is 0. The summed E-state index contributed by atoms with van der Waals surface area (Å²) in [5.74, 6) is 0. The molecular weight excluding hydrogens is 371 g/mol. The van der Waals surface area contributed by atoms with E-state index in [0.29, 0.717) is 5.56 Å². The number of aryl methyl sites for hydroxylation is 1. The van der Waals surface area contributed by atoms with Gasteiger partial charge in [-0.15, -0.1) is 0 Å². The van der Waals surface area contributed by atoms with Crippen molar-refractivity contribution >= 4 is 10.8 Å². The molecule has 29 heavy (non-hydrogen) atoms. The van der Waals surface area contributed by atoms with E-state index < -0.39 is 11.6 Å². The number of pyridine rings is 1. The van der Waals surface area contributed by atoms with Crippen molar-refractivity contribution in [3.05, 3.63) is 65.4 Å². The van der Waals surface area contributed by atoms with Crippen molar-refractivity contribution in [3.8, 4) is 11.3 Å². The van der Waals surface area contributed by atoms with Gasteiger partial charge in [0.05, 0.1) is 11.1 Å². The zero-order valence-electron chi connectivity index (χ0n) is 17.9. The molecule has 0 atom stereocenters. The largest absolute Gasteiger partial charge is 0.394 e. The van der Waals surface area contributed by atoms with E-state index in [1.807, 2.05) is 18.2 Å². The van der Waals surface area contributed by atoms with Crippen LogP contribution in [-0.2, 0) is 11.8 Å². The van der Waals surface area contributed by atoms with Gasteiger partial charge in [0, 0.05) is 17.1 Å². The van der Waals surface area contributed by atoms with Gasteiger partial charge in [-0.05, 0) is 53.5 Å². The molecule has 1 nitrogen and oxygen atoms in total. The van der Waals surface area contributed by atoms with Gasteiger partial charge >= 0.3 is 6.18 Å². The van der Waals surface area contributed by atoms with Crippen LogP contribution in [0.5, 0.6) is 0 Å². The standard InChI is InChI=1S/C25H28F3N/c1-16-11-19(14-20(12-16)23(2,3)4)22-21-8-7-17(13-18(21)9-10-29-22)15-24(5,6)25(26,27)28/h7-14H,15H2,1-6H3. The Labute approximate surface area is 171 Å². The van der Waals surface area contributed by atoms with Gasteiger partial charge in [0.2, 0.25) is 0 Å². The van der Waals surface area contributed by atoms with Crippen LogP contribution < -0.4 is 0 Å². The van der Waals surface area contributed by atoms with Crippen LogP contribution in [-0.4, -0.2) is 11.2 Å². The Hall–Kier alpha value is -2.36. The Kier molecular flexibility index (Phi) is 5.27. The maximum Gasteiger partial charge on any atom is 0.394 e. The molecule has 0 aliphatic heterocycles. The molecule has 0 saturated carbocycles. The molecule has 0 unspecified atom stereocenters. The second-order valence-electron chi connectivity index (χ2n) is 9.61. The zero-order valence-corrected chi connectivity index (χ0v) is 17.9. The van der Waals surface area contributed by atoms with Crippen LogP contribution in [0.15, 0.2) is 48.7 Å². The fraction of sp³-hybridized carbons (Fsp3) is 0.400. The average Bonchev–Trinajstić information content (AvgIpc) is 2.58. The van der Waals surface area contributed by atoms with Gasteiger partial charge < -0.3 is 0 Å². The van der Waals surface area contributed by atoms with Gasteiger partial charge in [0.25, 0.3) is 0 Å². The Morgan fingerprint density at radius 2 is 1.55 bits per heavy atom. The predicted molar refractivity (Wildman–Crippen MR) is 114 cm³/mol. The highest BCUT2D eigenvalue weighted by atomic mass is 19.4. The summed E-state index contributed by atoms with van der Waals surface area (Å²) in [5, 5.41) is 1.86. The van der Waals surface area contributed by atoms with Gasteiger partial charge in [-0.1, -0.05) is 64.4 Å². The lowest BCUT2D eigenvalue weighted by Crippen LogP contribution is -2.34. The van der Waals surface area contributed by atoms with Gasteiger partial charge in [-0.25, -0.2) is 0 Å². The smallest absolute Gasteiger partial charge is 0.256 e. The minimum Gasteiger partial charge on any atom is -0.256 e. The molecule has 0 saturated heterocycles. The molecule has 0 aliphatic carbocycles. The first-order valence-corrected chi connectivity index (χ1v) is 9.85. The van der Waals surface area contributed by atoms with Gasteiger partial charge in [-0.3, -0.25) is 4.98 Å². The average molecular weight is 400 g/mol. The topological polar surface area (TPSA) is 12.9 Å². The zero-order chi connectivity index (χ0) is 21.6. The van der Waals surface area contributed by atoms with E-state index in [9.17, 15) is 13.2 Å². The third kappa shape index (κ3) is 4.47. The molecule has 0 spiro atoms. The minimum atomic E-state index is -4.24. The van der Waals surface area contributed by atoms with Crippen LogP contribution in [0, 0.1) is 12.3 Å². The summed E-state index contributed by atoms with van der Waals surface area (Å²) in [6, 6.07) is 13.9. The summed E-state index contributed by atoms with van der Waals surface area (Å²) in [6.07, 6.45) is -2.56. The lowest BCUT2D eigenvalue weighted by atomic mass is 9.83. The molecule has 1 aromatic heterocycles. The number of halogens is 3. The normalized spacial score (nSPS) is 13.1. The van der Waals surface area contributed by atoms with E-state index in [2.05, 4.69) is 50.9 Å². The van der Waals surface area contributed by atoms with Crippen molar-refractivity contribution in [2.75, 3.05) is 0 Å². The summed E-state index contributed by atoms with van der Waals surface area (Å²) in [5.41, 5.74) is 3.21. The number of fused-ring (bicyclic) bond motifs is 1. The van der Waals surface area contributed by atoms with Gasteiger partial charge in [0.1, 0.15) is 0 Å². The number of alkyl halides is 3. The predicted octanol–water partition coefficient (Wildman–Crippen LogP) is 7.64. The van der Waals surface area contributed by atoms with E-state index in [1.54, 1.807) is 12.3 Å². The molecule has 154 valence electrons. The number of hydrogen-bond acceptors (Lipinski definition) is 1. The van der Waals surface area contributed by atoms with E-state index in [-0.39, 0.29) is 11.8 Å². The molecule has 3 aromatic rings. The van der Waals surface area contributed by atoms with Crippen molar-refractivity contribution in [2.24, 2.45) is 5.41 Å². The van der Waals surface area contributed by atoms with Crippen molar-refractivity contribution in [2.45, 2.75) is 59.6 Å². The Morgan fingerprint density at radius 1 is 0.862 bits per heavy atom. The highest BCUT2D eigenvalue weighted by Gasteiger charge is 2.46. The third-order valence-corrected chi connectivity index (χ3v) is 5.46. The highest BCUT2D eigenvalue weighted by molar-refractivity contribution is 5.95. The van der Waals surface area contributed by atoms with Crippen molar-refractivity contribution < 1.29 is 13.2 Å². The Bertz CT molecular complexity index is 1040. The number of rotatable bonds is 3. The summed E-state index contributed by atoms with van der Waals surface area (Å²) < 4.78 is 39.8. The summed E-state index contributed by atoms with van der Waals surface area (Å²) in [4.78, 5) is 4.60. The Morgan fingerprint density at radius 3 is 2.17 bits per heavy atom. The third-order valence-electron chi connectivity index (χ3n) is 5.46. The fourth-order valence-electron chi connectivity index (χ4n) is 3.53. The molecule has 0 fully saturated rings. The first-order chi connectivity index (χ1) is 13.3. The monoisotopic (exact) mass is 399 g/mol. The quantitative estimate of drug-likeness (QED) is 0.441. The number of nitrogens with zero attached hydrogens (tertiary/aromatic N) is 1. The maximum atomic E-state index is 13.3. The van der Waals surface area contributed by atoms with Crippen molar-refractivity contribution in [3.63, 3.8) is 0 Å². The molecule has 0 bridgehead atoms. The number of benzene rings is 2. The highest BCUT2D eigenvalue weighted by Crippen LogP contribution is 2.41. The van der Waals surface area contributed by atoms with Crippen LogP contribution in [0.4, 0.5) is 13.2 Å². The van der Waals surface area contributed by atoms with Crippen LogP contribution >= 0.6 is 0 Å². The van der Waals surface area contributed by atoms with E-state index in [4.69, 9.17) is 0 Å². The van der Waals surface area contributed by atoms with Crippen LogP contribution in [0.25, 0.3) is 22.0 Å². The molecule has 0 amide bonds. The molecule has 3 rings (SSSR count). The molecular formula is C25H28F3N. The lowest BCUT2D eigenvalue weighted by Gasteiger charge is -2.27. The van der Waals surface area contributed by atoms with Gasteiger partial charge in [-0.2, -0.15) is 13.2 Å². The van der Waals surface area contributed by atoms with Crippen LogP contribution in [0.1, 0.15) is 51.3 Å². The molecule has 0 aliphatic rings. The van der Waals surface area contributed by atoms with E-state index >= 15 is 0 Å². The fourth-order valence-corrected chi connectivity index (χ4v) is 3.53. The van der Waals surface area contributed by atoms with Crippen LogP contribution in [0.3, 0.4) is 0 Å². The molecule has 2 aromatic carbocycles. The second-order valence-corrected chi connectivity index (χ2v) is 9.61. The van der Waals surface area contributed by atoms with E-state index in [1.165, 1.54) is 19.4 Å². The second kappa shape index (κ2) is 7.16. The van der Waals surface area contributed by atoms with E-state index in [0.717, 1.165) is 27.6 Å². The SMILES string of the molecule is Cc1cc(-c2nccc3cc(CC(C)(C)C(F)(F)F)ccc23)cc(C(C)(C)C)c1. The van der Waals surface area contributed by atoms with Crippen molar-refractivity contribution in [1.29, 1.82) is 0 Å².